The van der Waals surface area contributed by atoms with Crippen molar-refractivity contribution in [2.45, 2.75) is 24.5 Å². The maximum absolute atomic E-state index is 11.4. The number of ether oxygens (including phenoxy) is 1. The van der Waals surface area contributed by atoms with Crippen LogP contribution in [0.25, 0.3) is 0 Å². The van der Waals surface area contributed by atoms with Gasteiger partial charge in [0.15, 0.2) is 0 Å². The molecule has 0 aliphatic carbocycles. The van der Waals surface area contributed by atoms with Gasteiger partial charge in [-0.05, 0) is 0 Å². The second kappa shape index (κ2) is 5.24. The number of hydrogen-bond donors (Lipinski definition) is 4. The van der Waals surface area contributed by atoms with Gasteiger partial charge in [-0.1, -0.05) is 0 Å². The molecule has 0 radical (unpaired) electrons. The maximum atomic E-state index is 11.4. The van der Waals surface area contributed by atoms with Gasteiger partial charge in [-0.15, -0.1) is 0 Å². The number of hydrogen-bond acceptors (Lipinski definition) is 5. The Balaban J connectivity index is 2.31. The average molecular weight is 231 g/mol. The average Bonchev–Trinajstić information content (AvgIpc) is 2.61. The third-order valence-electron chi connectivity index (χ3n) is 2.43. The lowest BCUT2D eigenvalue weighted by atomic mass is 10.0. The predicted octanol–water partition coefficient (Wildman–Crippen LogP) is -2.54. The number of aliphatic hydroxyl groups is 1. The number of primary amides is 1. The minimum Gasteiger partial charge on any atom is -0.386 e. The van der Waals surface area contributed by atoms with E-state index >= 15 is 0 Å². The van der Waals surface area contributed by atoms with Gasteiger partial charge in [0, 0.05) is 19.6 Å². The summed E-state index contributed by atoms with van der Waals surface area (Å²) in [5.41, 5.74) is 9.30. The first-order valence-corrected chi connectivity index (χ1v) is 5.05. The molecule has 2 unspecified atom stereocenters. The van der Waals surface area contributed by atoms with Crippen LogP contribution in [0.1, 0.15) is 12.8 Å². The van der Waals surface area contributed by atoms with E-state index < -0.39 is 23.5 Å². The zero-order valence-corrected chi connectivity index (χ0v) is 8.94. The van der Waals surface area contributed by atoms with Crippen LogP contribution in [0.5, 0.6) is 0 Å². The molecule has 16 heavy (non-hydrogen) atoms. The van der Waals surface area contributed by atoms with Crippen LogP contribution in [-0.4, -0.2) is 48.3 Å². The van der Waals surface area contributed by atoms with Gasteiger partial charge in [0.25, 0.3) is 0 Å². The van der Waals surface area contributed by atoms with Gasteiger partial charge in [-0.3, -0.25) is 9.59 Å². The van der Waals surface area contributed by atoms with Crippen molar-refractivity contribution in [3.63, 3.8) is 0 Å². The lowest BCUT2D eigenvalue weighted by Crippen LogP contribution is -2.49. The summed E-state index contributed by atoms with van der Waals surface area (Å²) in [6.45, 7) is 0.732. The summed E-state index contributed by atoms with van der Waals surface area (Å²) in [6.07, 6.45) is 0.263. The molecule has 1 saturated heterocycles. The highest BCUT2D eigenvalue weighted by Gasteiger charge is 2.33. The number of nitrogens with two attached hydrogens (primary N) is 2. The summed E-state index contributed by atoms with van der Waals surface area (Å²) in [6, 6.07) is -0.969. The van der Waals surface area contributed by atoms with Crippen LogP contribution in [0.3, 0.4) is 0 Å². The first-order valence-electron chi connectivity index (χ1n) is 5.05. The van der Waals surface area contributed by atoms with Crippen molar-refractivity contribution in [1.82, 2.24) is 5.32 Å². The maximum Gasteiger partial charge on any atom is 0.237 e. The van der Waals surface area contributed by atoms with E-state index in [-0.39, 0.29) is 19.6 Å². The summed E-state index contributed by atoms with van der Waals surface area (Å²) >= 11 is 0. The zero-order chi connectivity index (χ0) is 12.2. The van der Waals surface area contributed by atoms with Crippen LogP contribution in [0.2, 0.25) is 0 Å². The summed E-state index contributed by atoms with van der Waals surface area (Å²) in [5, 5.41) is 12.3. The molecule has 1 aliphatic heterocycles. The molecule has 1 fully saturated rings. The molecule has 6 N–H and O–H groups in total. The molecular formula is C9H17N3O4. The Hall–Kier alpha value is -1.18. The first kappa shape index (κ1) is 12.9. The highest BCUT2D eigenvalue weighted by molar-refractivity contribution is 5.87. The summed E-state index contributed by atoms with van der Waals surface area (Å²) in [4.78, 5) is 21.9. The van der Waals surface area contributed by atoms with Crippen LogP contribution < -0.4 is 16.8 Å². The molecule has 0 saturated carbocycles. The molecule has 0 aromatic rings. The van der Waals surface area contributed by atoms with Gasteiger partial charge >= 0.3 is 0 Å². The molecule has 7 nitrogen and oxygen atoms in total. The van der Waals surface area contributed by atoms with Crippen LogP contribution >= 0.6 is 0 Å². The molecule has 0 spiro atoms. The molecule has 7 heteroatoms. The Kier molecular flexibility index (Phi) is 4.22. The highest BCUT2D eigenvalue weighted by Crippen LogP contribution is 2.16. The quantitative estimate of drug-likeness (QED) is 0.414. The van der Waals surface area contributed by atoms with E-state index in [1.165, 1.54) is 0 Å². The summed E-state index contributed by atoms with van der Waals surface area (Å²) in [5.74, 6) is -1.13. The van der Waals surface area contributed by atoms with E-state index in [1.807, 2.05) is 0 Å². The van der Waals surface area contributed by atoms with Crippen molar-refractivity contribution < 1.29 is 19.4 Å². The van der Waals surface area contributed by atoms with Crippen LogP contribution in [-0.2, 0) is 14.3 Å². The molecule has 0 bridgehead atoms. The standard InChI is InChI=1S/C9H17N3O4/c10-6(3-7(11)13)8(14)12-4-9(15)1-2-16-5-9/h6,15H,1-5,10H2,(H2,11,13)(H,12,14). The third kappa shape index (κ3) is 3.76. The van der Waals surface area contributed by atoms with E-state index in [0.29, 0.717) is 13.0 Å². The molecule has 2 atom stereocenters. The zero-order valence-electron chi connectivity index (χ0n) is 8.94. The molecule has 1 heterocycles. The molecule has 1 rings (SSSR count). The molecule has 0 aromatic heterocycles. The van der Waals surface area contributed by atoms with Crippen molar-refractivity contribution in [1.29, 1.82) is 0 Å². The monoisotopic (exact) mass is 231 g/mol. The number of rotatable bonds is 5. The van der Waals surface area contributed by atoms with Crippen molar-refractivity contribution in [3.05, 3.63) is 0 Å². The smallest absolute Gasteiger partial charge is 0.237 e. The van der Waals surface area contributed by atoms with Crippen molar-refractivity contribution in [2.75, 3.05) is 19.8 Å². The Morgan fingerprint density at radius 2 is 2.25 bits per heavy atom. The fourth-order valence-electron chi connectivity index (χ4n) is 1.43. The van der Waals surface area contributed by atoms with Crippen LogP contribution in [0, 0.1) is 0 Å². The first-order chi connectivity index (χ1) is 7.43. The number of nitrogens with one attached hydrogen (secondary N) is 1. The third-order valence-corrected chi connectivity index (χ3v) is 2.43. The van der Waals surface area contributed by atoms with Gasteiger partial charge in [-0.25, -0.2) is 0 Å². The number of carbonyl (C=O) groups is 2. The molecule has 1 aliphatic rings. The molecular weight excluding hydrogens is 214 g/mol. The van der Waals surface area contributed by atoms with Crippen molar-refractivity contribution in [2.24, 2.45) is 11.5 Å². The fourth-order valence-corrected chi connectivity index (χ4v) is 1.43. The van der Waals surface area contributed by atoms with Gasteiger partial charge in [-0.2, -0.15) is 0 Å². The highest BCUT2D eigenvalue weighted by atomic mass is 16.5. The van der Waals surface area contributed by atoms with E-state index in [2.05, 4.69) is 5.32 Å². The predicted molar refractivity (Wildman–Crippen MR) is 55.2 cm³/mol. The van der Waals surface area contributed by atoms with Crippen molar-refractivity contribution >= 4 is 11.8 Å². The largest absolute Gasteiger partial charge is 0.386 e. The minimum absolute atomic E-state index is 0.0678. The number of amides is 2. The van der Waals surface area contributed by atoms with Gasteiger partial charge in [0.05, 0.1) is 19.1 Å². The van der Waals surface area contributed by atoms with Crippen LogP contribution in [0.15, 0.2) is 0 Å². The molecule has 2 amide bonds. The molecule has 92 valence electrons. The lowest BCUT2D eigenvalue weighted by molar-refractivity contribution is -0.127. The Morgan fingerprint density at radius 1 is 1.56 bits per heavy atom. The number of carbonyl (C=O) groups excluding carboxylic acids is 2. The fraction of sp³-hybridized carbons (Fsp3) is 0.778. The SMILES string of the molecule is NC(=O)CC(N)C(=O)NCC1(O)CCOC1. The van der Waals surface area contributed by atoms with E-state index in [9.17, 15) is 14.7 Å². The second-order valence-corrected chi connectivity index (χ2v) is 4.02. The normalized spacial score (nSPS) is 26.4. The summed E-state index contributed by atoms with van der Waals surface area (Å²) < 4.78 is 5.01. The Bertz CT molecular complexity index is 276. The topological polar surface area (TPSA) is 128 Å². The molecule has 0 aromatic carbocycles. The Labute approximate surface area is 93.1 Å². The van der Waals surface area contributed by atoms with Crippen molar-refractivity contribution in [3.8, 4) is 0 Å². The van der Waals surface area contributed by atoms with E-state index in [1.54, 1.807) is 0 Å². The van der Waals surface area contributed by atoms with E-state index in [4.69, 9.17) is 16.2 Å². The van der Waals surface area contributed by atoms with Gasteiger partial charge in [0.1, 0.15) is 5.60 Å². The van der Waals surface area contributed by atoms with E-state index in [0.717, 1.165) is 0 Å². The van der Waals surface area contributed by atoms with Gasteiger partial charge < -0.3 is 26.6 Å². The van der Waals surface area contributed by atoms with Crippen LogP contribution in [0.4, 0.5) is 0 Å². The van der Waals surface area contributed by atoms with Gasteiger partial charge in [0.2, 0.25) is 11.8 Å². The lowest BCUT2D eigenvalue weighted by Gasteiger charge is -2.21. The summed E-state index contributed by atoms with van der Waals surface area (Å²) in [7, 11) is 0. The Morgan fingerprint density at radius 3 is 2.75 bits per heavy atom. The second-order valence-electron chi connectivity index (χ2n) is 4.02. The minimum atomic E-state index is -1.03.